The van der Waals surface area contributed by atoms with E-state index in [-0.39, 0.29) is 41.0 Å². The highest BCUT2D eigenvalue weighted by atomic mass is 19.1. The van der Waals surface area contributed by atoms with Crippen LogP contribution in [0.2, 0.25) is 0 Å². The molecule has 1 saturated heterocycles. The van der Waals surface area contributed by atoms with E-state index in [4.69, 9.17) is 4.52 Å². The molecule has 53 heavy (non-hydrogen) atoms. The predicted molar refractivity (Wildman–Crippen MR) is 196 cm³/mol. The number of imide groups is 2. The Morgan fingerprint density at radius 1 is 1.04 bits per heavy atom. The van der Waals surface area contributed by atoms with Crippen molar-refractivity contribution >= 4 is 40.7 Å². The van der Waals surface area contributed by atoms with E-state index >= 15 is 4.39 Å². The van der Waals surface area contributed by atoms with Crippen molar-refractivity contribution in [2.24, 2.45) is 5.92 Å². The summed E-state index contributed by atoms with van der Waals surface area (Å²) >= 11 is 0. The van der Waals surface area contributed by atoms with Crippen molar-refractivity contribution in [1.29, 1.82) is 5.26 Å². The molecule has 2 N–H and O–H groups in total. The van der Waals surface area contributed by atoms with Gasteiger partial charge >= 0.3 is 0 Å². The van der Waals surface area contributed by atoms with Crippen LogP contribution in [0.5, 0.6) is 0 Å². The fraction of sp³-hybridized carbons (Fsp3) is 0.366. The molecule has 0 spiro atoms. The molecular formula is C41H41FN6O5. The number of nitrogens with one attached hydrogen (secondary N) is 2. The van der Waals surface area contributed by atoms with Crippen molar-refractivity contribution in [3.05, 3.63) is 94.1 Å². The quantitative estimate of drug-likeness (QED) is 0.147. The highest BCUT2D eigenvalue weighted by Crippen LogP contribution is 2.48. The van der Waals surface area contributed by atoms with Gasteiger partial charge in [-0.05, 0) is 106 Å². The Balaban J connectivity index is 1.05. The number of halogens is 1. The first kappa shape index (κ1) is 35.6. The number of carbonyl (C=O) groups excluding carboxylic acids is 4. The van der Waals surface area contributed by atoms with E-state index in [1.165, 1.54) is 6.07 Å². The molecule has 1 aromatic heterocycles. The summed E-state index contributed by atoms with van der Waals surface area (Å²) in [5.41, 5.74) is 6.66. The number of aromatic nitrogens is 1. The molecule has 4 amide bonds. The van der Waals surface area contributed by atoms with E-state index in [2.05, 4.69) is 83.1 Å². The summed E-state index contributed by atoms with van der Waals surface area (Å²) in [6.45, 7) is 9.18. The Labute approximate surface area is 307 Å². The summed E-state index contributed by atoms with van der Waals surface area (Å²) in [5, 5.41) is 19.2. The van der Waals surface area contributed by atoms with Crippen LogP contribution in [0.3, 0.4) is 0 Å². The molecule has 3 heterocycles. The molecule has 272 valence electrons. The monoisotopic (exact) mass is 716 g/mol. The van der Waals surface area contributed by atoms with E-state index in [1.54, 1.807) is 0 Å². The standard InChI is InChI=1S/C41H41FN6O5/c1-23(13-17-44-33-21-31-30(20-32(33)42)39(51)48(40(31)52)34-11-12-36(49)45-38(34)50)14-18-47(29-9-7-28(8-10-29)41(22-43)15-16-41)35-19-27(6-5-24(35)2)37-25(3)46-53-26(37)4/h5-10,19-21,23,34,44H,11-18H2,1-4H3,(H,45,49,50). The average Bonchev–Trinajstić information content (AvgIpc) is 3.82. The van der Waals surface area contributed by atoms with Crippen LogP contribution in [0.15, 0.2) is 59.1 Å². The van der Waals surface area contributed by atoms with Crippen LogP contribution in [-0.4, -0.2) is 52.8 Å². The SMILES string of the molecule is Cc1ccc(-c2c(C)noc2C)cc1N(CCC(C)CCNc1cc2c(cc1F)C(=O)N(C1CCC(=O)NC1=O)C2=O)c1ccc(C2(C#N)CC2)cc1. The number of benzene rings is 3. The molecule has 3 aliphatic rings. The lowest BCUT2D eigenvalue weighted by Gasteiger charge is -2.29. The molecule has 0 radical (unpaired) electrons. The van der Waals surface area contributed by atoms with Gasteiger partial charge in [-0.2, -0.15) is 5.26 Å². The number of nitrogens with zero attached hydrogens (tertiary/aromatic N) is 4. The number of nitriles is 1. The summed E-state index contributed by atoms with van der Waals surface area (Å²) in [6, 6.07) is 18.4. The van der Waals surface area contributed by atoms with Gasteiger partial charge in [0.15, 0.2) is 0 Å². The minimum absolute atomic E-state index is 0.00454. The van der Waals surface area contributed by atoms with Crippen molar-refractivity contribution in [2.45, 2.75) is 77.7 Å². The second-order valence-electron chi connectivity index (χ2n) is 14.5. The largest absolute Gasteiger partial charge is 0.383 e. The maximum absolute atomic E-state index is 15.2. The van der Waals surface area contributed by atoms with Gasteiger partial charge in [0.05, 0.1) is 34.0 Å². The zero-order valence-corrected chi connectivity index (χ0v) is 30.2. The minimum atomic E-state index is -1.12. The Morgan fingerprint density at radius 2 is 1.75 bits per heavy atom. The zero-order chi connectivity index (χ0) is 37.6. The molecule has 3 aromatic carbocycles. The number of rotatable bonds is 12. The molecule has 2 aliphatic heterocycles. The van der Waals surface area contributed by atoms with Crippen molar-refractivity contribution < 1.29 is 28.1 Å². The first-order valence-electron chi connectivity index (χ1n) is 18.0. The number of hydrogen-bond donors (Lipinski definition) is 2. The minimum Gasteiger partial charge on any atom is -0.383 e. The Morgan fingerprint density at radius 3 is 2.40 bits per heavy atom. The van der Waals surface area contributed by atoms with Crippen molar-refractivity contribution in [1.82, 2.24) is 15.4 Å². The molecule has 12 heteroatoms. The van der Waals surface area contributed by atoms with Gasteiger partial charge < -0.3 is 14.7 Å². The lowest BCUT2D eigenvalue weighted by atomic mass is 9.96. The van der Waals surface area contributed by atoms with Crippen LogP contribution in [0.1, 0.15) is 88.7 Å². The second-order valence-corrected chi connectivity index (χ2v) is 14.5. The number of amides is 4. The van der Waals surface area contributed by atoms with Gasteiger partial charge in [0.1, 0.15) is 17.6 Å². The number of aryl methyl sites for hydroxylation is 3. The number of piperidine rings is 1. The van der Waals surface area contributed by atoms with Gasteiger partial charge in [0, 0.05) is 36.4 Å². The van der Waals surface area contributed by atoms with Crippen molar-refractivity contribution in [3.8, 4) is 17.2 Å². The summed E-state index contributed by atoms with van der Waals surface area (Å²) < 4.78 is 20.7. The summed E-state index contributed by atoms with van der Waals surface area (Å²) in [7, 11) is 0. The number of hydrogen-bond acceptors (Lipinski definition) is 9. The van der Waals surface area contributed by atoms with Crippen LogP contribution in [0, 0.1) is 43.8 Å². The third-order valence-electron chi connectivity index (χ3n) is 10.8. The fourth-order valence-electron chi connectivity index (χ4n) is 7.46. The van der Waals surface area contributed by atoms with E-state index in [1.807, 2.05) is 13.8 Å². The van der Waals surface area contributed by atoms with Gasteiger partial charge in [0.2, 0.25) is 11.8 Å². The van der Waals surface area contributed by atoms with Crippen LogP contribution in [0.4, 0.5) is 21.5 Å². The molecule has 0 bridgehead atoms. The molecule has 11 nitrogen and oxygen atoms in total. The van der Waals surface area contributed by atoms with Crippen molar-refractivity contribution in [2.75, 3.05) is 23.3 Å². The van der Waals surface area contributed by atoms with E-state index in [9.17, 15) is 24.4 Å². The first-order valence-corrected chi connectivity index (χ1v) is 18.0. The van der Waals surface area contributed by atoms with Gasteiger partial charge in [-0.1, -0.05) is 36.3 Å². The van der Waals surface area contributed by atoms with Gasteiger partial charge in [-0.3, -0.25) is 29.4 Å². The molecule has 1 saturated carbocycles. The van der Waals surface area contributed by atoms with Gasteiger partial charge in [0.25, 0.3) is 11.8 Å². The third kappa shape index (κ3) is 6.67. The summed E-state index contributed by atoms with van der Waals surface area (Å²) in [5.74, 6) is -2.31. The first-order chi connectivity index (χ1) is 25.4. The molecular weight excluding hydrogens is 675 g/mol. The zero-order valence-electron chi connectivity index (χ0n) is 30.2. The highest BCUT2D eigenvalue weighted by molar-refractivity contribution is 6.23. The maximum atomic E-state index is 15.2. The van der Waals surface area contributed by atoms with Crippen LogP contribution in [-0.2, 0) is 15.0 Å². The second kappa shape index (κ2) is 14.0. The molecule has 2 atom stereocenters. The average molecular weight is 717 g/mol. The lowest BCUT2D eigenvalue weighted by Crippen LogP contribution is -2.54. The predicted octanol–water partition coefficient (Wildman–Crippen LogP) is 7.03. The number of fused-ring (bicyclic) bond motifs is 1. The van der Waals surface area contributed by atoms with E-state index < -0.39 is 35.5 Å². The highest BCUT2D eigenvalue weighted by Gasteiger charge is 2.46. The van der Waals surface area contributed by atoms with E-state index in [0.717, 1.165) is 75.3 Å². The summed E-state index contributed by atoms with van der Waals surface area (Å²) in [4.78, 5) is 53.5. The van der Waals surface area contributed by atoms with Gasteiger partial charge in [-0.15, -0.1) is 0 Å². The summed E-state index contributed by atoms with van der Waals surface area (Å²) in [6.07, 6.45) is 3.29. The third-order valence-corrected chi connectivity index (χ3v) is 10.8. The van der Waals surface area contributed by atoms with Crippen molar-refractivity contribution in [3.63, 3.8) is 0 Å². The Hall–Kier alpha value is -5.83. The maximum Gasteiger partial charge on any atom is 0.262 e. The normalized spacial score (nSPS) is 18.0. The number of carbonyl (C=O) groups is 4. The Bertz CT molecular complexity index is 2160. The molecule has 4 aromatic rings. The molecule has 7 rings (SSSR count). The molecule has 1 aliphatic carbocycles. The smallest absolute Gasteiger partial charge is 0.262 e. The van der Waals surface area contributed by atoms with E-state index in [0.29, 0.717) is 19.5 Å². The van der Waals surface area contributed by atoms with Crippen LogP contribution < -0.4 is 15.5 Å². The Kier molecular flexibility index (Phi) is 9.36. The number of anilines is 3. The fourth-order valence-corrected chi connectivity index (χ4v) is 7.46. The van der Waals surface area contributed by atoms with Crippen LogP contribution in [0.25, 0.3) is 11.1 Å². The topological polar surface area (TPSA) is 149 Å². The van der Waals surface area contributed by atoms with Crippen LogP contribution >= 0.6 is 0 Å². The molecule has 2 fully saturated rings. The van der Waals surface area contributed by atoms with Gasteiger partial charge in [-0.25, -0.2) is 4.39 Å². The molecule has 2 unspecified atom stereocenters. The lowest BCUT2D eigenvalue weighted by molar-refractivity contribution is -0.136.